The van der Waals surface area contributed by atoms with Crippen LogP contribution in [0.5, 0.6) is 0 Å². The maximum absolute atomic E-state index is 13.5. The highest BCUT2D eigenvalue weighted by molar-refractivity contribution is 5.81. The number of halogens is 3. The molecule has 2 aromatic heterocycles. The quantitative estimate of drug-likeness (QED) is 0.510. The van der Waals surface area contributed by atoms with E-state index in [1.54, 1.807) is 24.1 Å². The Labute approximate surface area is 200 Å². The fourth-order valence-electron chi connectivity index (χ4n) is 4.47. The van der Waals surface area contributed by atoms with Crippen molar-refractivity contribution in [1.82, 2.24) is 19.3 Å². The molecule has 0 radical (unpaired) electrons. The largest absolute Gasteiger partial charge is 0.450 e. The maximum Gasteiger partial charge on any atom is 0.416 e. The second kappa shape index (κ2) is 9.20. The van der Waals surface area contributed by atoms with Crippen LogP contribution in [0.2, 0.25) is 0 Å². The number of carbonyl (C=O) groups excluding carboxylic acids is 2. The zero-order valence-corrected chi connectivity index (χ0v) is 19.9. The summed E-state index contributed by atoms with van der Waals surface area (Å²) in [4.78, 5) is 36.9. The molecule has 0 N–H and O–H groups in total. The van der Waals surface area contributed by atoms with E-state index in [4.69, 9.17) is 4.74 Å². The summed E-state index contributed by atoms with van der Waals surface area (Å²) in [6.07, 6.45) is -3.31. The Morgan fingerprint density at radius 1 is 1.20 bits per heavy atom. The molecule has 0 aliphatic carbocycles. The van der Waals surface area contributed by atoms with E-state index < -0.39 is 17.8 Å². The van der Waals surface area contributed by atoms with Gasteiger partial charge >= 0.3 is 12.3 Å². The number of imidazole rings is 1. The maximum atomic E-state index is 13.5. The number of hydrogen-bond donors (Lipinski definition) is 0. The lowest BCUT2D eigenvalue weighted by atomic mass is 10.0. The summed E-state index contributed by atoms with van der Waals surface area (Å²) in [6.45, 7) is 7.07. The third-order valence-electron chi connectivity index (χ3n) is 6.05. The van der Waals surface area contributed by atoms with Gasteiger partial charge in [-0.25, -0.2) is 9.78 Å². The summed E-state index contributed by atoms with van der Waals surface area (Å²) < 4.78 is 47.5. The van der Waals surface area contributed by atoms with Gasteiger partial charge in [0.05, 0.1) is 43.7 Å². The number of aromatic nitrogens is 3. The fourth-order valence-corrected chi connectivity index (χ4v) is 4.47. The van der Waals surface area contributed by atoms with Gasteiger partial charge in [0.1, 0.15) is 11.6 Å². The molecule has 1 aromatic carbocycles. The number of hydrogen-bond acceptors (Lipinski definition) is 6. The minimum atomic E-state index is -4.49. The van der Waals surface area contributed by atoms with Gasteiger partial charge in [-0.05, 0) is 44.9 Å². The zero-order chi connectivity index (χ0) is 25.5. The average Bonchev–Trinajstić information content (AvgIpc) is 3.37. The molecule has 0 saturated heterocycles. The van der Waals surface area contributed by atoms with Crippen molar-refractivity contribution < 1.29 is 27.5 Å². The van der Waals surface area contributed by atoms with Crippen molar-refractivity contribution in [3.8, 4) is 0 Å². The molecule has 3 heterocycles. The Hall–Kier alpha value is -3.63. The van der Waals surface area contributed by atoms with Crippen LogP contribution in [-0.4, -0.2) is 44.3 Å². The molecule has 0 unspecified atom stereocenters. The lowest BCUT2D eigenvalue weighted by molar-refractivity contribution is -0.138. The van der Waals surface area contributed by atoms with Crippen LogP contribution < -0.4 is 4.90 Å². The van der Waals surface area contributed by atoms with Gasteiger partial charge in [-0.15, -0.1) is 0 Å². The van der Waals surface area contributed by atoms with Gasteiger partial charge in [-0.3, -0.25) is 14.1 Å². The molecular weight excluding hydrogens is 463 g/mol. The van der Waals surface area contributed by atoms with Gasteiger partial charge in [0.25, 0.3) is 0 Å². The smallest absolute Gasteiger partial charge is 0.416 e. The second-order valence-electron chi connectivity index (χ2n) is 8.60. The number of ketones is 1. The number of ether oxygens (including phenoxy) is 1. The predicted octanol–water partition coefficient (Wildman–Crippen LogP) is 4.43. The molecule has 0 spiro atoms. The molecule has 1 aliphatic heterocycles. The van der Waals surface area contributed by atoms with E-state index in [1.807, 2.05) is 11.3 Å². The summed E-state index contributed by atoms with van der Waals surface area (Å²) in [5.41, 5.74) is 2.11. The van der Waals surface area contributed by atoms with Crippen LogP contribution in [0.25, 0.3) is 5.78 Å². The Bertz CT molecular complexity index is 1300. The fraction of sp³-hybridized carbons (Fsp3) is 0.417. The van der Waals surface area contributed by atoms with Crippen LogP contribution >= 0.6 is 0 Å². The molecule has 186 valence electrons. The van der Waals surface area contributed by atoms with Gasteiger partial charge in [0, 0.05) is 17.8 Å². The van der Waals surface area contributed by atoms with Crippen LogP contribution in [0.4, 0.5) is 23.8 Å². The van der Waals surface area contributed by atoms with Gasteiger partial charge in [-0.1, -0.05) is 12.1 Å². The number of fused-ring (bicyclic) bond motifs is 3. The molecule has 0 saturated carbocycles. The van der Waals surface area contributed by atoms with E-state index in [0.717, 1.165) is 17.5 Å². The summed E-state index contributed by atoms with van der Waals surface area (Å²) in [5.74, 6) is 0.623. The van der Waals surface area contributed by atoms with Crippen LogP contribution in [0.15, 0.2) is 24.4 Å². The van der Waals surface area contributed by atoms with Crippen LogP contribution in [0, 0.1) is 13.8 Å². The van der Waals surface area contributed by atoms with Crippen molar-refractivity contribution in [2.24, 2.45) is 0 Å². The minimum absolute atomic E-state index is 0.0318. The SMILES string of the molecule is CCOC(=O)N1Cc2c(N(CC(C)=O)Cc3cccc(C(F)(F)F)c3C)nc3ncc(C)n3c2C1. The molecule has 3 aromatic rings. The summed E-state index contributed by atoms with van der Waals surface area (Å²) in [6, 6.07) is 4.01. The summed E-state index contributed by atoms with van der Waals surface area (Å²) in [7, 11) is 0. The third kappa shape index (κ3) is 4.67. The number of rotatable bonds is 6. The number of alkyl halides is 3. The first-order valence-electron chi connectivity index (χ1n) is 11.2. The molecule has 11 heteroatoms. The number of Topliss-reactive ketones (excluding diaryl/α,β-unsaturated/α-hetero) is 1. The van der Waals surface area contributed by atoms with E-state index in [-0.39, 0.29) is 44.1 Å². The van der Waals surface area contributed by atoms with E-state index in [9.17, 15) is 22.8 Å². The van der Waals surface area contributed by atoms with Gasteiger partial charge in [-0.2, -0.15) is 18.2 Å². The molecule has 0 fully saturated rings. The normalized spacial score (nSPS) is 13.3. The van der Waals surface area contributed by atoms with Crippen LogP contribution in [-0.2, 0) is 35.3 Å². The first-order valence-corrected chi connectivity index (χ1v) is 11.2. The van der Waals surface area contributed by atoms with Crippen molar-refractivity contribution in [2.75, 3.05) is 18.1 Å². The molecule has 0 bridgehead atoms. The average molecular weight is 489 g/mol. The van der Waals surface area contributed by atoms with Crippen molar-refractivity contribution in [3.05, 3.63) is 58.0 Å². The first kappa shape index (κ1) is 24.5. The Morgan fingerprint density at radius 2 is 1.94 bits per heavy atom. The molecular formula is C24H26F3N5O3. The molecule has 35 heavy (non-hydrogen) atoms. The third-order valence-corrected chi connectivity index (χ3v) is 6.05. The number of anilines is 1. The highest BCUT2D eigenvalue weighted by Gasteiger charge is 2.35. The van der Waals surface area contributed by atoms with Crippen LogP contribution in [0.3, 0.4) is 0 Å². The predicted molar refractivity (Wildman–Crippen MR) is 122 cm³/mol. The Balaban J connectivity index is 1.82. The van der Waals surface area contributed by atoms with E-state index in [1.165, 1.54) is 24.8 Å². The van der Waals surface area contributed by atoms with E-state index in [2.05, 4.69) is 9.97 Å². The number of benzene rings is 1. The Kier molecular flexibility index (Phi) is 6.44. The summed E-state index contributed by atoms with van der Waals surface area (Å²) >= 11 is 0. The van der Waals surface area contributed by atoms with Crippen molar-refractivity contribution >= 4 is 23.5 Å². The number of aryl methyl sites for hydroxylation is 1. The van der Waals surface area contributed by atoms with Crippen molar-refractivity contribution in [2.45, 2.75) is 53.5 Å². The number of nitrogens with zero attached hydrogens (tertiary/aromatic N) is 5. The van der Waals surface area contributed by atoms with Crippen LogP contribution in [0.1, 0.15) is 47.5 Å². The highest BCUT2D eigenvalue weighted by Crippen LogP contribution is 2.36. The number of amides is 1. The minimum Gasteiger partial charge on any atom is -0.450 e. The topological polar surface area (TPSA) is 80.0 Å². The zero-order valence-electron chi connectivity index (χ0n) is 19.9. The number of carbonyl (C=O) groups is 2. The van der Waals surface area contributed by atoms with E-state index in [0.29, 0.717) is 22.7 Å². The lowest BCUT2D eigenvalue weighted by Crippen LogP contribution is -2.31. The van der Waals surface area contributed by atoms with Gasteiger partial charge in [0.15, 0.2) is 0 Å². The monoisotopic (exact) mass is 489 g/mol. The first-order chi connectivity index (χ1) is 16.5. The van der Waals surface area contributed by atoms with Crippen molar-refractivity contribution in [1.29, 1.82) is 0 Å². The lowest BCUT2D eigenvalue weighted by Gasteiger charge is -2.26. The molecule has 1 aliphatic rings. The Morgan fingerprint density at radius 3 is 2.60 bits per heavy atom. The standard InChI is InChI=1S/C24H26F3N5O3/c1-5-35-23(34)31-12-18-20(13-31)32-14(2)9-28-22(32)29-21(18)30(10-15(3)33)11-17-7-6-8-19(16(17)4)24(25,26)27/h6-9H,5,10-13H2,1-4H3. The molecule has 1 amide bonds. The highest BCUT2D eigenvalue weighted by atomic mass is 19.4. The van der Waals surface area contributed by atoms with Crippen molar-refractivity contribution in [3.63, 3.8) is 0 Å². The molecule has 4 rings (SSSR count). The van der Waals surface area contributed by atoms with Gasteiger partial charge in [0.2, 0.25) is 5.78 Å². The second-order valence-corrected chi connectivity index (χ2v) is 8.60. The summed E-state index contributed by atoms with van der Waals surface area (Å²) in [5, 5.41) is 0. The van der Waals surface area contributed by atoms with E-state index >= 15 is 0 Å². The molecule has 8 nitrogen and oxygen atoms in total. The molecule has 0 atom stereocenters. The van der Waals surface area contributed by atoms with Gasteiger partial charge < -0.3 is 9.64 Å².